The smallest absolute Gasteiger partial charge is 0.203 e. The second-order valence-electron chi connectivity index (χ2n) is 3.11. The molecule has 0 N–H and O–H groups in total. The van der Waals surface area contributed by atoms with E-state index in [0.29, 0.717) is 19.0 Å². The molecule has 3 nitrogen and oxygen atoms in total. The van der Waals surface area contributed by atoms with Gasteiger partial charge in [0.2, 0.25) is 5.75 Å². The van der Waals surface area contributed by atoms with Gasteiger partial charge in [0.15, 0.2) is 11.5 Å². The van der Waals surface area contributed by atoms with Crippen molar-refractivity contribution >= 4 is 0 Å². The predicted molar refractivity (Wildman–Crippen MR) is 60.1 cm³/mol. The molecule has 0 spiro atoms. The highest BCUT2D eigenvalue weighted by atomic mass is 16.5. The molecule has 0 bridgehead atoms. The first-order valence-corrected chi connectivity index (χ1v) is 5.17. The van der Waals surface area contributed by atoms with Crippen LogP contribution in [0.25, 0.3) is 0 Å². The summed E-state index contributed by atoms with van der Waals surface area (Å²) >= 11 is 0. The van der Waals surface area contributed by atoms with Gasteiger partial charge in [-0.2, -0.15) is 0 Å². The van der Waals surface area contributed by atoms with E-state index in [4.69, 9.17) is 14.2 Å². The summed E-state index contributed by atoms with van der Waals surface area (Å²) in [7, 11) is 1.64. The number of hydrogen-bond donors (Lipinski definition) is 0. The molecule has 0 saturated heterocycles. The molecule has 15 heavy (non-hydrogen) atoms. The number of benzene rings is 1. The van der Waals surface area contributed by atoms with Crippen LogP contribution in [-0.4, -0.2) is 20.3 Å². The highest BCUT2D eigenvalue weighted by molar-refractivity contribution is 5.55. The monoisotopic (exact) mass is 210 g/mol. The summed E-state index contributed by atoms with van der Waals surface area (Å²) in [4.78, 5) is 0. The molecule has 0 heterocycles. The maximum atomic E-state index is 5.54. The zero-order valence-electron chi connectivity index (χ0n) is 9.79. The molecule has 84 valence electrons. The Morgan fingerprint density at radius 3 is 2.20 bits per heavy atom. The van der Waals surface area contributed by atoms with E-state index in [-0.39, 0.29) is 0 Å². The van der Waals surface area contributed by atoms with Crippen molar-refractivity contribution in [1.82, 2.24) is 0 Å². The van der Waals surface area contributed by atoms with Crippen LogP contribution in [0.5, 0.6) is 17.2 Å². The van der Waals surface area contributed by atoms with Crippen LogP contribution in [0.3, 0.4) is 0 Å². The maximum Gasteiger partial charge on any atom is 0.203 e. The molecule has 1 aromatic carbocycles. The normalized spacial score (nSPS) is 9.87. The SMILES string of the molecule is CCOc1ccc(C)c(OC)c1OCC. The highest BCUT2D eigenvalue weighted by Crippen LogP contribution is 2.39. The van der Waals surface area contributed by atoms with Gasteiger partial charge in [0, 0.05) is 0 Å². The lowest BCUT2D eigenvalue weighted by molar-refractivity contribution is 0.271. The van der Waals surface area contributed by atoms with E-state index in [1.807, 2.05) is 32.9 Å². The fourth-order valence-electron chi connectivity index (χ4n) is 1.45. The molecule has 0 atom stereocenters. The minimum Gasteiger partial charge on any atom is -0.492 e. The zero-order chi connectivity index (χ0) is 11.3. The summed E-state index contributed by atoms with van der Waals surface area (Å²) in [6, 6.07) is 3.87. The Bertz CT molecular complexity index is 321. The standard InChI is InChI=1S/C12H18O3/c1-5-14-10-8-7-9(3)11(13-4)12(10)15-6-2/h7-8H,5-6H2,1-4H3. The van der Waals surface area contributed by atoms with Crippen LogP contribution in [0.15, 0.2) is 12.1 Å². The minimum absolute atomic E-state index is 0.597. The lowest BCUT2D eigenvalue weighted by atomic mass is 10.2. The summed E-state index contributed by atoms with van der Waals surface area (Å²) in [5.41, 5.74) is 1.05. The summed E-state index contributed by atoms with van der Waals surface area (Å²) in [5, 5.41) is 0. The van der Waals surface area contributed by atoms with Crippen molar-refractivity contribution in [3.63, 3.8) is 0 Å². The van der Waals surface area contributed by atoms with Crippen LogP contribution in [0.2, 0.25) is 0 Å². The van der Waals surface area contributed by atoms with E-state index >= 15 is 0 Å². The van der Waals surface area contributed by atoms with E-state index in [1.165, 1.54) is 0 Å². The molecule has 0 aromatic heterocycles. The van der Waals surface area contributed by atoms with E-state index in [9.17, 15) is 0 Å². The average molecular weight is 210 g/mol. The van der Waals surface area contributed by atoms with Crippen molar-refractivity contribution in [2.75, 3.05) is 20.3 Å². The zero-order valence-corrected chi connectivity index (χ0v) is 9.79. The molecule has 0 aliphatic carbocycles. The van der Waals surface area contributed by atoms with E-state index in [0.717, 1.165) is 17.1 Å². The minimum atomic E-state index is 0.597. The van der Waals surface area contributed by atoms with Crippen molar-refractivity contribution < 1.29 is 14.2 Å². The Hall–Kier alpha value is -1.38. The van der Waals surface area contributed by atoms with E-state index in [2.05, 4.69) is 0 Å². The van der Waals surface area contributed by atoms with Gasteiger partial charge in [0.25, 0.3) is 0 Å². The van der Waals surface area contributed by atoms with Crippen molar-refractivity contribution in [1.29, 1.82) is 0 Å². The molecule has 0 amide bonds. The molecular weight excluding hydrogens is 192 g/mol. The van der Waals surface area contributed by atoms with Gasteiger partial charge in [0.05, 0.1) is 20.3 Å². The van der Waals surface area contributed by atoms with Crippen LogP contribution < -0.4 is 14.2 Å². The first kappa shape index (κ1) is 11.7. The number of hydrogen-bond acceptors (Lipinski definition) is 3. The number of ether oxygens (including phenoxy) is 3. The molecule has 0 aliphatic heterocycles. The Morgan fingerprint density at radius 1 is 1.00 bits per heavy atom. The molecule has 0 fully saturated rings. The topological polar surface area (TPSA) is 27.7 Å². The Morgan fingerprint density at radius 2 is 1.67 bits per heavy atom. The Labute approximate surface area is 91.0 Å². The molecule has 0 unspecified atom stereocenters. The van der Waals surface area contributed by atoms with Crippen molar-refractivity contribution in [2.24, 2.45) is 0 Å². The average Bonchev–Trinajstić information content (AvgIpc) is 2.23. The molecule has 1 aromatic rings. The first-order valence-electron chi connectivity index (χ1n) is 5.17. The Kier molecular flexibility index (Phi) is 4.28. The van der Waals surface area contributed by atoms with E-state index in [1.54, 1.807) is 7.11 Å². The fourth-order valence-corrected chi connectivity index (χ4v) is 1.45. The van der Waals surface area contributed by atoms with Gasteiger partial charge in [-0.15, -0.1) is 0 Å². The predicted octanol–water partition coefficient (Wildman–Crippen LogP) is 2.80. The number of methoxy groups -OCH3 is 1. The molecule has 3 heteroatoms. The Balaban J connectivity index is 3.15. The van der Waals surface area contributed by atoms with Crippen LogP contribution in [0.4, 0.5) is 0 Å². The summed E-state index contributed by atoms with van der Waals surface area (Å²) < 4.78 is 16.3. The van der Waals surface area contributed by atoms with Gasteiger partial charge < -0.3 is 14.2 Å². The van der Waals surface area contributed by atoms with Crippen LogP contribution >= 0.6 is 0 Å². The second-order valence-corrected chi connectivity index (χ2v) is 3.11. The lowest BCUT2D eigenvalue weighted by Gasteiger charge is -2.15. The lowest BCUT2D eigenvalue weighted by Crippen LogP contribution is -2.01. The van der Waals surface area contributed by atoms with Crippen molar-refractivity contribution in [2.45, 2.75) is 20.8 Å². The highest BCUT2D eigenvalue weighted by Gasteiger charge is 2.13. The third kappa shape index (κ3) is 2.55. The first-order chi connectivity index (χ1) is 7.24. The summed E-state index contributed by atoms with van der Waals surface area (Å²) in [5.74, 6) is 2.19. The van der Waals surface area contributed by atoms with Crippen LogP contribution in [-0.2, 0) is 0 Å². The number of rotatable bonds is 5. The quantitative estimate of drug-likeness (QED) is 0.748. The largest absolute Gasteiger partial charge is 0.492 e. The van der Waals surface area contributed by atoms with Gasteiger partial charge in [-0.1, -0.05) is 6.07 Å². The van der Waals surface area contributed by atoms with Crippen LogP contribution in [0, 0.1) is 6.92 Å². The summed E-state index contributed by atoms with van der Waals surface area (Å²) in [6.45, 7) is 7.09. The van der Waals surface area contributed by atoms with E-state index < -0.39 is 0 Å². The van der Waals surface area contributed by atoms with Crippen molar-refractivity contribution in [3.05, 3.63) is 17.7 Å². The molecule has 0 saturated carbocycles. The maximum absolute atomic E-state index is 5.54. The fraction of sp³-hybridized carbons (Fsp3) is 0.500. The van der Waals surface area contributed by atoms with Crippen molar-refractivity contribution in [3.8, 4) is 17.2 Å². The molecule has 0 radical (unpaired) electrons. The van der Waals surface area contributed by atoms with Gasteiger partial charge in [-0.3, -0.25) is 0 Å². The van der Waals surface area contributed by atoms with Gasteiger partial charge in [-0.05, 0) is 32.4 Å². The number of aryl methyl sites for hydroxylation is 1. The molecule has 1 rings (SSSR count). The van der Waals surface area contributed by atoms with Gasteiger partial charge >= 0.3 is 0 Å². The third-order valence-electron chi connectivity index (χ3n) is 2.07. The second kappa shape index (κ2) is 5.49. The van der Waals surface area contributed by atoms with Gasteiger partial charge in [0.1, 0.15) is 0 Å². The molecule has 0 aliphatic rings. The molecular formula is C12H18O3. The van der Waals surface area contributed by atoms with Crippen LogP contribution in [0.1, 0.15) is 19.4 Å². The van der Waals surface area contributed by atoms with Gasteiger partial charge in [-0.25, -0.2) is 0 Å². The summed E-state index contributed by atoms with van der Waals surface area (Å²) in [6.07, 6.45) is 0. The third-order valence-corrected chi connectivity index (χ3v) is 2.07.